The third kappa shape index (κ3) is 1.74. The topological polar surface area (TPSA) is 53.1 Å². The van der Waals surface area contributed by atoms with E-state index in [0.717, 1.165) is 22.6 Å². The lowest BCUT2D eigenvalue weighted by Crippen LogP contribution is -1.93. The summed E-state index contributed by atoms with van der Waals surface area (Å²) in [4.78, 5) is 0. The van der Waals surface area contributed by atoms with Crippen LogP contribution in [0, 0.1) is 6.92 Å². The molecule has 2 aromatic rings. The summed E-state index contributed by atoms with van der Waals surface area (Å²) in [6.07, 6.45) is 1.79. The Balaban J connectivity index is 2.62. The number of anilines is 1. The average molecular weight is 217 g/mol. The Morgan fingerprint density at radius 2 is 2.12 bits per heavy atom. The fourth-order valence-electron chi connectivity index (χ4n) is 1.72. The molecule has 0 aliphatic heterocycles. The van der Waals surface area contributed by atoms with Crippen molar-refractivity contribution in [3.8, 4) is 17.0 Å². The number of aryl methyl sites for hydroxylation is 2. The molecule has 1 aromatic heterocycles. The van der Waals surface area contributed by atoms with Crippen molar-refractivity contribution in [3.05, 3.63) is 30.0 Å². The van der Waals surface area contributed by atoms with E-state index in [1.807, 2.05) is 32.2 Å². The molecule has 4 nitrogen and oxygen atoms in total. The van der Waals surface area contributed by atoms with Crippen LogP contribution in [0.2, 0.25) is 0 Å². The van der Waals surface area contributed by atoms with Gasteiger partial charge in [-0.25, -0.2) is 0 Å². The van der Waals surface area contributed by atoms with Crippen LogP contribution in [0.1, 0.15) is 5.56 Å². The Morgan fingerprint density at radius 3 is 2.69 bits per heavy atom. The van der Waals surface area contributed by atoms with E-state index in [2.05, 4.69) is 5.10 Å². The van der Waals surface area contributed by atoms with E-state index in [9.17, 15) is 0 Å². The molecule has 0 aliphatic carbocycles. The fraction of sp³-hybridized carbons (Fsp3) is 0.250. The number of hydrogen-bond donors (Lipinski definition) is 1. The van der Waals surface area contributed by atoms with Gasteiger partial charge in [-0.05, 0) is 19.1 Å². The lowest BCUT2D eigenvalue weighted by molar-refractivity contribution is 0.416. The van der Waals surface area contributed by atoms with Gasteiger partial charge in [-0.3, -0.25) is 4.68 Å². The zero-order chi connectivity index (χ0) is 11.7. The van der Waals surface area contributed by atoms with Crippen molar-refractivity contribution < 1.29 is 4.74 Å². The summed E-state index contributed by atoms with van der Waals surface area (Å²) >= 11 is 0. The quantitative estimate of drug-likeness (QED) is 0.836. The van der Waals surface area contributed by atoms with Gasteiger partial charge in [-0.2, -0.15) is 5.10 Å². The smallest absolute Gasteiger partial charge is 0.128 e. The Morgan fingerprint density at radius 1 is 1.38 bits per heavy atom. The molecule has 2 rings (SSSR count). The summed E-state index contributed by atoms with van der Waals surface area (Å²) in [6.45, 7) is 2.03. The van der Waals surface area contributed by atoms with Crippen LogP contribution in [0.15, 0.2) is 24.4 Å². The minimum Gasteiger partial charge on any atom is -0.496 e. The molecule has 1 heterocycles. The molecule has 84 valence electrons. The maximum atomic E-state index is 5.91. The molecule has 4 heteroatoms. The lowest BCUT2D eigenvalue weighted by Gasteiger charge is -2.07. The van der Waals surface area contributed by atoms with E-state index < -0.39 is 0 Å². The van der Waals surface area contributed by atoms with Crippen molar-refractivity contribution in [3.63, 3.8) is 0 Å². The first kappa shape index (κ1) is 10.5. The fourth-order valence-corrected chi connectivity index (χ4v) is 1.72. The maximum Gasteiger partial charge on any atom is 0.128 e. The van der Waals surface area contributed by atoms with Gasteiger partial charge < -0.3 is 10.5 Å². The molecular weight excluding hydrogens is 202 g/mol. The lowest BCUT2D eigenvalue weighted by atomic mass is 10.1. The SMILES string of the molecule is COc1ccc(C)cc1-c1nn(C)cc1N. The van der Waals surface area contributed by atoms with Gasteiger partial charge in [0.05, 0.1) is 12.8 Å². The standard InChI is InChI=1S/C12H15N3O/c1-8-4-5-11(16-3)9(6-8)12-10(13)7-15(2)14-12/h4-7H,13H2,1-3H3. The van der Waals surface area contributed by atoms with Gasteiger partial charge in [0.1, 0.15) is 11.4 Å². The molecule has 0 bridgehead atoms. The minimum absolute atomic E-state index is 0.659. The van der Waals surface area contributed by atoms with Crippen LogP contribution in [0.25, 0.3) is 11.3 Å². The van der Waals surface area contributed by atoms with Gasteiger partial charge in [0, 0.05) is 18.8 Å². The molecule has 0 amide bonds. The largest absolute Gasteiger partial charge is 0.496 e. The van der Waals surface area contributed by atoms with E-state index in [0.29, 0.717) is 5.69 Å². The van der Waals surface area contributed by atoms with E-state index >= 15 is 0 Å². The Kier molecular flexibility index (Phi) is 2.56. The van der Waals surface area contributed by atoms with Crippen molar-refractivity contribution in [2.75, 3.05) is 12.8 Å². The molecule has 16 heavy (non-hydrogen) atoms. The number of nitrogens with zero attached hydrogens (tertiary/aromatic N) is 2. The van der Waals surface area contributed by atoms with Crippen LogP contribution < -0.4 is 10.5 Å². The molecule has 0 saturated carbocycles. The molecule has 0 unspecified atom stereocenters. The summed E-state index contributed by atoms with van der Waals surface area (Å²) < 4.78 is 7.02. The van der Waals surface area contributed by atoms with Crippen LogP contribution in [-0.4, -0.2) is 16.9 Å². The second-order valence-corrected chi connectivity index (χ2v) is 3.81. The summed E-state index contributed by atoms with van der Waals surface area (Å²) in [7, 11) is 3.50. The first-order valence-electron chi connectivity index (χ1n) is 5.06. The second-order valence-electron chi connectivity index (χ2n) is 3.81. The molecular formula is C12H15N3O. The first-order valence-corrected chi connectivity index (χ1v) is 5.06. The normalized spacial score (nSPS) is 10.4. The summed E-state index contributed by atoms with van der Waals surface area (Å²) in [6, 6.07) is 5.96. The highest BCUT2D eigenvalue weighted by Crippen LogP contribution is 2.32. The zero-order valence-electron chi connectivity index (χ0n) is 9.69. The predicted octanol–water partition coefficient (Wildman–Crippen LogP) is 1.99. The van der Waals surface area contributed by atoms with Crippen LogP contribution in [0.4, 0.5) is 5.69 Å². The third-order valence-electron chi connectivity index (χ3n) is 2.47. The number of nitrogen functional groups attached to an aromatic ring is 1. The van der Waals surface area contributed by atoms with Gasteiger partial charge in [-0.1, -0.05) is 11.6 Å². The van der Waals surface area contributed by atoms with E-state index in [1.165, 1.54) is 0 Å². The van der Waals surface area contributed by atoms with Crippen LogP contribution in [0.5, 0.6) is 5.75 Å². The van der Waals surface area contributed by atoms with Crippen LogP contribution in [0.3, 0.4) is 0 Å². The summed E-state index contributed by atoms with van der Waals surface area (Å²) in [5.41, 5.74) is 9.42. The molecule has 0 atom stereocenters. The number of methoxy groups -OCH3 is 1. The molecule has 0 saturated heterocycles. The minimum atomic E-state index is 0.659. The molecule has 0 aliphatic rings. The van der Waals surface area contributed by atoms with Crippen LogP contribution in [-0.2, 0) is 7.05 Å². The van der Waals surface area contributed by atoms with Gasteiger partial charge in [0.25, 0.3) is 0 Å². The molecule has 0 fully saturated rings. The number of benzene rings is 1. The van der Waals surface area contributed by atoms with Crippen molar-refractivity contribution in [2.24, 2.45) is 7.05 Å². The Hall–Kier alpha value is -1.97. The number of hydrogen-bond acceptors (Lipinski definition) is 3. The third-order valence-corrected chi connectivity index (χ3v) is 2.47. The zero-order valence-corrected chi connectivity index (χ0v) is 9.69. The monoisotopic (exact) mass is 217 g/mol. The van der Waals surface area contributed by atoms with Gasteiger partial charge >= 0.3 is 0 Å². The number of aromatic nitrogens is 2. The van der Waals surface area contributed by atoms with Crippen LogP contribution >= 0.6 is 0 Å². The van der Waals surface area contributed by atoms with E-state index in [1.54, 1.807) is 18.0 Å². The van der Waals surface area contributed by atoms with Crippen molar-refractivity contribution in [2.45, 2.75) is 6.92 Å². The highest BCUT2D eigenvalue weighted by atomic mass is 16.5. The van der Waals surface area contributed by atoms with Crippen molar-refractivity contribution >= 4 is 5.69 Å². The molecule has 0 radical (unpaired) electrons. The summed E-state index contributed by atoms with van der Waals surface area (Å²) in [5.74, 6) is 0.788. The van der Waals surface area contributed by atoms with Gasteiger partial charge in [0.15, 0.2) is 0 Å². The second kappa shape index (κ2) is 3.89. The van der Waals surface area contributed by atoms with Crippen molar-refractivity contribution in [1.82, 2.24) is 9.78 Å². The molecule has 2 N–H and O–H groups in total. The predicted molar refractivity (Wildman–Crippen MR) is 64.3 cm³/mol. The Bertz CT molecular complexity index is 517. The summed E-state index contributed by atoms with van der Waals surface area (Å²) in [5, 5.41) is 4.34. The molecule has 1 aromatic carbocycles. The van der Waals surface area contributed by atoms with Crippen molar-refractivity contribution in [1.29, 1.82) is 0 Å². The Labute approximate surface area is 94.6 Å². The average Bonchev–Trinajstić information content (AvgIpc) is 2.57. The van der Waals surface area contributed by atoms with E-state index in [4.69, 9.17) is 10.5 Å². The number of ether oxygens (including phenoxy) is 1. The van der Waals surface area contributed by atoms with E-state index in [-0.39, 0.29) is 0 Å². The highest BCUT2D eigenvalue weighted by Gasteiger charge is 2.12. The number of nitrogens with two attached hydrogens (primary N) is 1. The molecule has 0 spiro atoms. The highest BCUT2D eigenvalue weighted by molar-refractivity contribution is 5.77. The van der Waals surface area contributed by atoms with Gasteiger partial charge in [0.2, 0.25) is 0 Å². The van der Waals surface area contributed by atoms with Gasteiger partial charge in [-0.15, -0.1) is 0 Å². The number of rotatable bonds is 2. The maximum absolute atomic E-state index is 5.91. The first-order chi connectivity index (χ1) is 7.61.